The number of alkyl halides is 3. The van der Waals surface area contributed by atoms with E-state index in [1.807, 2.05) is 0 Å². The predicted octanol–water partition coefficient (Wildman–Crippen LogP) is 3.50. The second kappa shape index (κ2) is 6.42. The average Bonchev–Trinajstić information content (AvgIpc) is 2.53. The van der Waals surface area contributed by atoms with E-state index < -0.39 is 24.0 Å². The maximum atomic E-state index is 12.6. The molecule has 0 radical (unpaired) electrons. The van der Waals surface area contributed by atoms with E-state index in [1.165, 1.54) is 12.1 Å². The molecule has 0 bridgehead atoms. The van der Waals surface area contributed by atoms with Crippen LogP contribution in [0.4, 0.5) is 13.2 Å². The van der Waals surface area contributed by atoms with Crippen molar-refractivity contribution < 1.29 is 18.0 Å². The summed E-state index contributed by atoms with van der Waals surface area (Å²) in [5, 5.41) is 0. The summed E-state index contributed by atoms with van der Waals surface area (Å²) in [4.78, 5) is 11.2. The van der Waals surface area contributed by atoms with Crippen LogP contribution in [-0.2, 0) is 4.79 Å². The summed E-state index contributed by atoms with van der Waals surface area (Å²) in [6.07, 6.45) is -4.46. The molecule has 0 saturated carbocycles. The molecule has 2 aromatic carbocycles. The molecule has 0 aromatic heterocycles. The van der Waals surface area contributed by atoms with Gasteiger partial charge in [-0.15, -0.1) is 0 Å². The second-order valence-electron chi connectivity index (χ2n) is 5.39. The van der Waals surface area contributed by atoms with Crippen LogP contribution in [0, 0.1) is 0 Å². The Morgan fingerprint density at radius 1 is 0.913 bits per heavy atom. The van der Waals surface area contributed by atoms with Crippen LogP contribution in [0.3, 0.4) is 0 Å². The van der Waals surface area contributed by atoms with Crippen LogP contribution >= 0.6 is 0 Å². The lowest BCUT2D eigenvalue weighted by molar-refractivity contribution is -0.149. The van der Waals surface area contributed by atoms with Gasteiger partial charge in [-0.1, -0.05) is 48.5 Å². The summed E-state index contributed by atoms with van der Waals surface area (Å²) in [7, 11) is 0. The Morgan fingerprint density at radius 2 is 1.30 bits per heavy atom. The molecule has 6 heteroatoms. The first-order valence-electron chi connectivity index (χ1n) is 7.02. The lowest BCUT2D eigenvalue weighted by atomic mass is 9.96. The molecule has 0 fully saturated rings. The Balaban J connectivity index is 2.21. The van der Waals surface area contributed by atoms with E-state index in [0.717, 1.165) is 16.7 Å². The highest BCUT2D eigenvalue weighted by atomic mass is 19.4. The van der Waals surface area contributed by atoms with Crippen molar-refractivity contribution >= 4 is 5.91 Å². The summed E-state index contributed by atoms with van der Waals surface area (Å²) < 4.78 is 37.7. The summed E-state index contributed by atoms with van der Waals surface area (Å²) in [6, 6.07) is 11.1. The van der Waals surface area contributed by atoms with Gasteiger partial charge in [0.15, 0.2) is 0 Å². The molecule has 23 heavy (non-hydrogen) atoms. The minimum Gasteiger partial charge on any atom is -0.369 e. The fourth-order valence-corrected chi connectivity index (χ4v) is 2.20. The van der Waals surface area contributed by atoms with Crippen LogP contribution in [0.1, 0.15) is 30.0 Å². The molecular weight excluding hydrogens is 305 g/mol. The number of rotatable bonds is 4. The molecule has 2 aromatic rings. The molecule has 0 saturated heterocycles. The lowest BCUT2D eigenvalue weighted by Crippen LogP contribution is -2.28. The van der Waals surface area contributed by atoms with Gasteiger partial charge in [-0.2, -0.15) is 13.2 Å². The van der Waals surface area contributed by atoms with Gasteiger partial charge in [-0.05, 0) is 29.2 Å². The first-order valence-corrected chi connectivity index (χ1v) is 7.02. The van der Waals surface area contributed by atoms with Gasteiger partial charge in [0.05, 0.1) is 5.92 Å². The van der Waals surface area contributed by atoms with E-state index in [9.17, 15) is 18.0 Å². The maximum absolute atomic E-state index is 12.6. The number of hydrogen-bond acceptors (Lipinski definition) is 2. The third-order valence-corrected chi connectivity index (χ3v) is 3.79. The third-order valence-electron chi connectivity index (χ3n) is 3.79. The third kappa shape index (κ3) is 3.90. The molecule has 0 aliphatic carbocycles. The van der Waals surface area contributed by atoms with Crippen molar-refractivity contribution in [3.8, 4) is 11.1 Å². The van der Waals surface area contributed by atoms with E-state index in [-0.39, 0.29) is 5.56 Å². The smallest absolute Gasteiger partial charge is 0.369 e. The Bertz CT molecular complexity index is 678. The van der Waals surface area contributed by atoms with Crippen molar-refractivity contribution in [2.75, 3.05) is 0 Å². The fraction of sp³-hybridized carbons (Fsp3) is 0.235. The van der Waals surface area contributed by atoms with Crippen molar-refractivity contribution in [1.29, 1.82) is 0 Å². The Labute approximate surface area is 132 Å². The van der Waals surface area contributed by atoms with Gasteiger partial charge in [0.2, 0.25) is 5.91 Å². The van der Waals surface area contributed by atoms with Crippen molar-refractivity contribution in [2.45, 2.75) is 25.1 Å². The maximum Gasteiger partial charge on any atom is 0.407 e. The van der Waals surface area contributed by atoms with Crippen LogP contribution < -0.4 is 11.5 Å². The van der Waals surface area contributed by atoms with Crippen LogP contribution in [-0.4, -0.2) is 12.1 Å². The van der Waals surface area contributed by atoms with Crippen molar-refractivity contribution in [3.63, 3.8) is 0 Å². The van der Waals surface area contributed by atoms with Gasteiger partial charge in [-0.25, -0.2) is 0 Å². The number of halogens is 3. The van der Waals surface area contributed by atoms with Crippen molar-refractivity contribution in [2.24, 2.45) is 11.5 Å². The molecule has 1 amide bonds. The zero-order valence-electron chi connectivity index (χ0n) is 12.5. The molecule has 122 valence electrons. The zero-order chi connectivity index (χ0) is 17.2. The summed E-state index contributed by atoms with van der Waals surface area (Å²) >= 11 is 0. The highest BCUT2D eigenvalue weighted by Gasteiger charge is 2.37. The highest BCUT2D eigenvalue weighted by Crippen LogP contribution is 2.31. The summed E-state index contributed by atoms with van der Waals surface area (Å²) in [5.74, 6) is -0.806. The van der Waals surface area contributed by atoms with Crippen molar-refractivity contribution in [1.82, 2.24) is 0 Å². The lowest BCUT2D eigenvalue weighted by Gasteiger charge is -2.16. The summed E-state index contributed by atoms with van der Waals surface area (Å²) in [5.41, 5.74) is 12.8. The molecular formula is C17H17F3N2O. The molecule has 0 heterocycles. The van der Waals surface area contributed by atoms with Gasteiger partial charge < -0.3 is 11.5 Å². The van der Waals surface area contributed by atoms with Gasteiger partial charge in [0, 0.05) is 0 Å². The van der Waals surface area contributed by atoms with Gasteiger partial charge in [0.25, 0.3) is 0 Å². The second-order valence-corrected chi connectivity index (χ2v) is 5.39. The minimum atomic E-state index is -4.46. The number of benzene rings is 2. The standard InChI is InChI=1S/C17H17F3N2O/c1-10(16(22)23)11-2-4-12(5-3-11)13-6-8-14(9-7-13)15(21)17(18,19)20/h2-10,15H,21H2,1H3,(H2,22,23). The summed E-state index contributed by atoms with van der Waals surface area (Å²) in [6.45, 7) is 1.71. The largest absolute Gasteiger partial charge is 0.407 e. The van der Waals surface area contributed by atoms with Gasteiger partial charge in [-0.3, -0.25) is 4.79 Å². The van der Waals surface area contributed by atoms with Gasteiger partial charge in [0.1, 0.15) is 6.04 Å². The van der Waals surface area contributed by atoms with E-state index in [4.69, 9.17) is 11.5 Å². The number of nitrogens with two attached hydrogens (primary N) is 2. The topological polar surface area (TPSA) is 69.1 Å². The predicted molar refractivity (Wildman–Crippen MR) is 82.5 cm³/mol. The van der Waals surface area contributed by atoms with E-state index in [1.54, 1.807) is 43.3 Å². The molecule has 4 N–H and O–H groups in total. The highest BCUT2D eigenvalue weighted by molar-refractivity contribution is 5.81. The number of carbonyl (C=O) groups is 1. The quantitative estimate of drug-likeness (QED) is 0.904. The zero-order valence-corrected chi connectivity index (χ0v) is 12.5. The first-order chi connectivity index (χ1) is 10.7. The molecule has 2 atom stereocenters. The number of primary amides is 1. The molecule has 0 aliphatic rings. The van der Waals surface area contributed by atoms with Crippen LogP contribution in [0.15, 0.2) is 48.5 Å². The number of amides is 1. The monoisotopic (exact) mass is 322 g/mol. The average molecular weight is 322 g/mol. The van der Waals surface area contributed by atoms with Crippen LogP contribution in [0.5, 0.6) is 0 Å². The van der Waals surface area contributed by atoms with Gasteiger partial charge >= 0.3 is 6.18 Å². The van der Waals surface area contributed by atoms with E-state index in [0.29, 0.717) is 0 Å². The number of hydrogen-bond donors (Lipinski definition) is 2. The van der Waals surface area contributed by atoms with Crippen LogP contribution in [0.2, 0.25) is 0 Å². The van der Waals surface area contributed by atoms with Crippen LogP contribution in [0.25, 0.3) is 11.1 Å². The SMILES string of the molecule is CC(C(N)=O)c1ccc(-c2ccc(C(N)C(F)(F)F)cc2)cc1. The fourth-order valence-electron chi connectivity index (χ4n) is 2.20. The first kappa shape index (κ1) is 17.0. The van der Waals surface area contributed by atoms with E-state index in [2.05, 4.69) is 0 Å². The molecule has 2 unspecified atom stereocenters. The molecule has 3 nitrogen and oxygen atoms in total. The minimum absolute atomic E-state index is 0.0141. The van der Waals surface area contributed by atoms with Crippen molar-refractivity contribution in [3.05, 3.63) is 59.7 Å². The Hall–Kier alpha value is -2.34. The molecule has 2 rings (SSSR count). The Kier molecular flexibility index (Phi) is 4.75. The molecule has 0 spiro atoms. The number of carbonyl (C=O) groups excluding carboxylic acids is 1. The molecule has 0 aliphatic heterocycles. The Morgan fingerprint density at radius 3 is 1.65 bits per heavy atom. The van der Waals surface area contributed by atoms with E-state index >= 15 is 0 Å². The normalized spacial score (nSPS) is 14.3.